The van der Waals surface area contributed by atoms with E-state index in [0.717, 1.165) is 15.8 Å². The summed E-state index contributed by atoms with van der Waals surface area (Å²) in [6.07, 6.45) is 0. The first kappa shape index (κ1) is 17.7. The molecule has 0 N–H and O–H groups in total. The number of halogens is 1. The molecule has 1 heterocycles. The highest BCUT2D eigenvalue weighted by Gasteiger charge is 2.16. The summed E-state index contributed by atoms with van der Waals surface area (Å²) in [4.78, 5) is 12.3. The molecule has 1 aromatic heterocycles. The number of hydrogen-bond acceptors (Lipinski definition) is 5. The van der Waals surface area contributed by atoms with E-state index in [2.05, 4.69) is 26.1 Å². The van der Waals surface area contributed by atoms with Crippen molar-refractivity contribution in [1.29, 1.82) is 0 Å². The third-order valence-electron chi connectivity index (χ3n) is 3.68. The average Bonchev–Trinajstić information content (AvgIpc) is 3.00. The second-order valence-corrected chi connectivity index (χ2v) is 7.14. The Morgan fingerprint density at radius 3 is 2.60 bits per heavy atom. The highest BCUT2D eigenvalue weighted by atomic mass is 79.9. The second-order valence-electron chi connectivity index (χ2n) is 5.28. The van der Waals surface area contributed by atoms with Gasteiger partial charge in [0.25, 0.3) is 0 Å². The van der Waals surface area contributed by atoms with Crippen LogP contribution in [0, 0.1) is 0 Å². The first-order valence-electron chi connectivity index (χ1n) is 7.54. The molecule has 128 valence electrons. The molecule has 3 rings (SSSR count). The lowest BCUT2D eigenvalue weighted by Crippen LogP contribution is -2.04. The van der Waals surface area contributed by atoms with Gasteiger partial charge in [0.2, 0.25) is 0 Å². The quantitative estimate of drug-likeness (QED) is 0.443. The first-order chi connectivity index (χ1) is 12.1. The van der Waals surface area contributed by atoms with Gasteiger partial charge in [0, 0.05) is 17.1 Å². The fourth-order valence-corrected chi connectivity index (χ4v) is 3.42. The second kappa shape index (κ2) is 7.84. The predicted molar refractivity (Wildman–Crippen MR) is 102 cm³/mol. The summed E-state index contributed by atoms with van der Waals surface area (Å²) in [6.45, 7) is 0. The fourth-order valence-electron chi connectivity index (χ4n) is 2.35. The van der Waals surface area contributed by atoms with E-state index in [4.69, 9.17) is 4.74 Å². The Kier molecular flexibility index (Phi) is 5.55. The smallest absolute Gasteiger partial charge is 0.191 e. The van der Waals surface area contributed by atoms with Gasteiger partial charge in [-0.25, -0.2) is 0 Å². The van der Waals surface area contributed by atoms with Crippen LogP contribution in [-0.4, -0.2) is 33.4 Å². The number of nitrogens with zero attached hydrogens (tertiary/aromatic N) is 3. The maximum atomic E-state index is 12.3. The van der Waals surface area contributed by atoms with Crippen LogP contribution in [-0.2, 0) is 7.05 Å². The maximum absolute atomic E-state index is 12.3. The minimum absolute atomic E-state index is 0.0549. The van der Waals surface area contributed by atoms with Crippen molar-refractivity contribution in [2.75, 3.05) is 12.9 Å². The minimum Gasteiger partial charge on any atom is -0.496 e. The molecule has 5 nitrogen and oxygen atoms in total. The molecule has 2 aromatic carbocycles. The Balaban J connectivity index is 1.75. The monoisotopic (exact) mass is 417 g/mol. The number of thioether (sulfide) groups is 1. The van der Waals surface area contributed by atoms with Crippen molar-refractivity contribution in [1.82, 2.24) is 14.8 Å². The van der Waals surface area contributed by atoms with Crippen molar-refractivity contribution in [3.8, 4) is 17.1 Å². The average molecular weight is 418 g/mol. The van der Waals surface area contributed by atoms with Crippen LogP contribution in [0.15, 0.2) is 58.2 Å². The lowest BCUT2D eigenvalue weighted by Gasteiger charge is -2.08. The Morgan fingerprint density at radius 2 is 1.88 bits per heavy atom. The molecule has 0 amide bonds. The molecule has 0 saturated carbocycles. The Morgan fingerprint density at radius 1 is 1.16 bits per heavy atom. The summed E-state index contributed by atoms with van der Waals surface area (Å²) in [6, 6.07) is 15.0. The molecule has 25 heavy (non-hydrogen) atoms. The highest BCUT2D eigenvalue weighted by Crippen LogP contribution is 2.30. The number of para-hydroxylation sites is 1. The van der Waals surface area contributed by atoms with Gasteiger partial charge in [-0.3, -0.25) is 4.79 Å². The molecule has 3 aromatic rings. The van der Waals surface area contributed by atoms with Crippen LogP contribution in [0.1, 0.15) is 10.4 Å². The van der Waals surface area contributed by atoms with Crippen LogP contribution in [0.25, 0.3) is 11.4 Å². The third-order valence-corrected chi connectivity index (χ3v) is 5.23. The number of carbonyl (C=O) groups is 1. The van der Waals surface area contributed by atoms with Crippen molar-refractivity contribution >= 4 is 33.5 Å². The molecule has 0 aliphatic heterocycles. The number of carbonyl (C=O) groups excluding carboxylic acids is 1. The molecular formula is C18H16BrN3O2S. The van der Waals surface area contributed by atoms with E-state index >= 15 is 0 Å². The van der Waals surface area contributed by atoms with Crippen LogP contribution in [0.5, 0.6) is 5.75 Å². The first-order valence-corrected chi connectivity index (χ1v) is 9.32. The van der Waals surface area contributed by atoms with Crippen molar-refractivity contribution in [3.05, 3.63) is 58.6 Å². The van der Waals surface area contributed by atoms with Gasteiger partial charge in [0.15, 0.2) is 16.8 Å². The molecule has 0 radical (unpaired) electrons. The van der Waals surface area contributed by atoms with E-state index in [0.29, 0.717) is 22.3 Å². The SMILES string of the molecule is COc1ccccc1-c1nnc(SCC(=O)c2ccc(Br)cc2)n1C. The van der Waals surface area contributed by atoms with Crippen LogP contribution < -0.4 is 4.74 Å². The molecule has 0 spiro atoms. The summed E-state index contributed by atoms with van der Waals surface area (Å²) in [7, 11) is 3.51. The third kappa shape index (κ3) is 3.93. The Hall–Kier alpha value is -2.12. The van der Waals surface area contributed by atoms with Crippen LogP contribution in [0.2, 0.25) is 0 Å². The van der Waals surface area contributed by atoms with E-state index in [1.165, 1.54) is 11.8 Å². The highest BCUT2D eigenvalue weighted by molar-refractivity contribution is 9.10. The summed E-state index contributed by atoms with van der Waals surface area (Å²) >= 11 is 4.74. The van der Waals surface area contributed by atoms with Gasteiger partial charge in [-0.05, 0) is 24.3 Å². The van der Waals surface area contributed by atoms with E-state index in [1.54, 1.807) is 7.11 Å². The van der Waals surface area contributed by atoms with E-state index in [1.807, 2.05) is 60.1 Å². The molecular weight excluding hydrogens is 402 g/mol. The van der Waals surface area contributed by atoms with E-state index in [9.17, 15) is 4.79 Å². The number of Topliss-reactive ketones (excluding diaryl/α,β-unsaturated/α-hetero) is 1. The lowest BCUT2D eigenvalue weighted by molar-refractivity contribution is 0.102. The van der Waals surface area contributed by atoms with Crippen LogP contribution in [0.3, 0.4) is 0 Å². The number of ketones is 1. The van der Waals surface area contributed by atoms with Crippen LogP contribution >= 0.6 is 27.7 Å². The standard InChI is InChI=1S/C18H16BrN3O2S/c1-22-17(14-5-3-4-6-16(14)24-2)20-21-18(22)25-11-15(23)12-7-9-13(19)10-8-12/h3-10H,11H2,1-2H3. The zero-order chi connectivity index (χ0) is 17.8. The zero-order valence-corrected chi connectivity index (χ0v) is 16.2. The largest absolute Gasteiger partial charge is 0.496 e. The minimum atomic E-state index is 0.0549. The van der Waals surface area contributed by atoms with Gasteiger partial charge >= 0.3 is 0 Å². The zero-order valence-electron chi connectivity index (χ0n) is 13.8. The van der Waals surface area contributed by atoms with Crippen molar-refractivity contribution in [2.24, 2.45) is 7.05 Å². The van der Waals surface area contributed by atoms with Crippen molar-refractivity contribution < 1.29 is 9.53 Å². The van der Waals surface area contributed by atoms with Gasteiger partial charge in [0.1, 0.15) is 5.75 Å². The number of ether oxygens (including phenoxy) is 1. The van der Waals surface area contributed by atoms with E-state index in [-0.39, 0.29) is 5.78 Å². The number of benzene rings is 2. The predicted octanol–water partition coefficient (Wildman–Crippen LogP) is 4.23. The summed E-state index contributed by atoms with van der Waals surface area (Å²) < 4.78 is 8.21. The Labute approximate surface area is 158 Å². The van der Waals surface area contributed by atoms with Gasteiger partial charge in [-0.1, -0.05) is 52.0 Å². The van der Waals surface area contributed by atoms with Gasteiger partial charge in [-0.2, -0.15) is 0 Å². The molecule has 0 saturated heterocycles. The summed E-state index contributed by atoms with van der Waals surface area (Å²) in [5, 5.41) is 9.15. The van der Waals surface area contributed by atoms with Crippen LogP contribution in [0.4, 0.5) is 0 Å². The maximum Gasteiger partial charge on any atom is 0.191 e. The topological polar surface area (TPSA) is 57.0 Å². The van der Waals surface area contributed by atoms with Crippen molar-refractivity contribution in [3.63, 3.8) is 0 Å². The molecule has 0 atom stereocenters. The molecule has 0 unspecified atom stereocenters. The lowest BCUT2D eigenvalue weighted by atomic mass is 10.2. The molecule has 7 heteroatoms. The van der Waals surface area contributed by atoms with Gasteiger partial charge < -0.3 is 9.30 Å². The number of aromatic nitrogens is 3. The number of rotatable bonds is 6. The fraction of sp³-hybridized carbons (Fsp3) is 0.167. The molecule has 0 aliphatic carbocycles. The van der Waals surface area contributed by atoms with Gasteiger partial charge in [-0.15, -0.1) is 10.2 Å². The van der Waals surface area contributed by atoms with Gasteiger partial charge in [0.05, 0.1) is 18.4 Å². The summed E-state index contributed by atoms with van der Waals surface area (Å²) in [5.74, 6) is 1.80. The molecule has 0 aliphatic rings. The van der Waals surface area contributed by atoms with E-state index < -0.39 is 0 Å². The Bertz CT molecular complexity index is 894. The molecule has 0 bridgehead atoms. The summed E-state index contributed by atoms with van der Waals surface area (Å²) in [5.41, 5.74) is 1.55. The van der Waals surface area contributed by atoms with Crippen molar-refractivity contribution in [2.45, 2.75) is 5.16 Å². The molecule has 0 fully saturated rings. The normalized spacial score (nSPS) is 10.7. The number of methoxy groups -OCH3 is 1. The number of hydrogen-bond donors (Lipinski definition) is 0.